The van der Waals surface area contributed by atoms with Crippen LogP contribution in [0.1, 0.15) is 19.3 Å². The van der Waals surface area contributed by atoms with Gasteiger partial charge in [-0.2, -0.15) is 0 Å². The molecule has 0 aromatic rings. The van der Waals surface area contributed by atoms with E-state index >= 15 is 0 Å². The highest BCUT2D eigenvalue weighted by Crippen LogP contribution is 2.29. The van der Waals surface area contributed by atoms with Crippen molar-refractivity contribution in [3.05, 3.63) is 0 Å². The average molecular weight is 191 g/mol. The van der Waals surface area contributed by atoms with Crippen LogP contribution in [0.4, 0.5) is 0 Å². The van der Waals surface area contributed by atoms with Crippen LogP contribution in [0.15, 0.2) is 0 Å². The molecule has 2 nitrogen and oxygen atoms in total. The van der Waals surface area contributed by atoms with Crippen LogP contribution < -0.4 is 0 Å². The molecule has 1 saturated carbocycles. The van der Waals surface area contributed by atoms with Gasteiger partial charge in [-0.3, -0.25) is 0 Å². The molecule has 12 heavy (non-hydrogen) atoms. The number of ether oxygens (including phenoxy) is 2. The lowest BCUT2D eigenvalue weighted by molar-refractivity contribution is -0.0146. The summed E-state index contributed by atoms with van der Waals surface area (Å²) in [5, 5.41) is 0.370. The average Bonchev–Trinajstić information content (AvgIpc) is 2.47. The Hall–Kier alpha value is 0.210. The summed E-state index contributed by atoms with van der Waals surface area (Å²) >= 11 is 5.83. The highest BCUT2D eigenvalue weighted by atomic mass is 35.5. The number of hydrogen-bond acceptors (Lipinski definition) is 2. The van der Waals surface area contributed by atoms with Crippen molar-refractivity contribution in [3.8, 4) is 0 Å². The number of alkyl halides is 1. The SMILES string of the molecule is ClC1CC(OCC2CCOC2)C1. The minimum atomic E-state index is 0.370. The molecule has 70 valence electrons. The lowest BCUT2D eigenvalue weighted by atomic mass is 9.95. The number of halogens is 1. The second-order valence-corrected chi connectivity index (χ2v) is 4.37. The van der Waals surface area contributed by atoms with Gasteiger partial charge in [0.2, 0.25) is 0 Å². The van der Waals surface area contributed by atoms with E-state index in [1.807, 2.05) is 0 Å². The molecule has 0 radical (unpaired) electrons. The van der Waals surface area contributed by atoms with E-state index in [0.29, 0.717) is 17.4 Å². The monoisotopic (exact) mass is 190 g/mol. The summed E-state index contributed by atoms with van der Waals surface area (Å²) in [4.78, 5) is 0. The second kappa shape index (κ2) is 3.95. The van der Waals surface area contributed by atoms with E-state index in [1.165, 1.54) is 0 Å². The molecule has 2 rings (SSSR count). The van der Waals surface area contributed by atoms with Crippen molar-refractivity contribution < 1.29 is 9.47 Å². The number of rotatable bonds is 3. The fourth-order valence-corrected chi connectivity index (χ4v) is 2.02. The third kappa shape index (κ3) is 2.12. The van der Waals surface area contributed by atoms with Gasteiger partial charge in [0, 0.05) is 17.9 Å². The molecule has 2 aliphatic rings. The van der Waals surface area contributed by atoms with Crippen LogP contribution in [0.3, 0.4) is 0 Å². The van der Waals surface area contributed by atoms with Gasteiger partial charge in [-0.05, 0) is 19.3 Å². The standard InChI is InChI=1S/C9H15ClO2/c10-8-3-9(4-8)12-6-7-1-2-11-5-7/h7-9H,1-6H2. The summed E-state index contributed by atoms with van der Waals surface area (Å²) in [6, 6.07) is 0. The van der Waals surface area contributed by atoms with Gasteiger partial charge in [-0.25, -0.2) is 0 Å². The summed E-state index contributed by atoms with van der Waals surface area (Å²) in [5.41, 5.74) is 0. The summed E-state index contributed by atoms with van der Waals surface area (Å²) in [6.07, 6.45) is 3.68. The van der Waals surface area contributed by atoms with Crippen LogP contribution in [0.25, 0.3) is 0 Å². The second-order valence-electron chi connectivity index (χ2n) is 3.75. The Bertz CT molecular complexity index is 139. The van der Waals surface area contributed by atoms with Crippen molar-refractivity contribution in [3.63, 3.8) is 0 Å². The zero-order valence-electron chi connectivity index (χ0n) is 7.17. The molecule has 0 N–H and O–H groups in total. The van der Waals surface area contributed by atoms with Crippen LogP contribution in [0.5, 0.6) is 0 Å². The van der Waals surface area contributed by atoms with Crippen molar-refractivity contribution in [1.82, 2.24) is 0 Å². The maximum absolute atomic E-state index is 5.83. The molecule has 1 heterocycles. The van der Waals surface area contributed by atoms with Crippen molar-refractivity contribution in [2.24, 2.45) is 5.92 Å². The van der Waals surface area contributed by atoms with Gasteiger partial charge in [0.05, 0.1) is 19.3 Å². The molecule has 2 fully saturated rings. The van der Waals surface area contributed by atoms with Gasteiger partial charge in [0.1, 0.15) is 0 Å². The molecule has 1 atom stereocenters. The van der Waals surface area contributed by atoms with Gasteiger partial charge in [-0.1, -0.05) is 0 Å². The fraction of sp³-hybridized carbons (Fsp3) is 1.00. The molecule has 0 amide bonds. The zero-order chi connectivity index (χ0) is 8.39. The van der Waals surface area contributed by atoms with Crippen LogP contribution in [0.2, 0.25) is 0 Å². The number of hydrogen-bond donors (Lipinski definition) is 0. The molecular formula is C9H15ClO2. The molecule has 0 bridgehead atoms. The van der Waals surface area contributed by atoms with E-state index in [-0.39, 0.29) is 0 Å². The third-order valence-corrected chi connectivity index (χ3v) is 2.99. The Morgan fingerprint density at radius 2 is 2.25 bits per heavy atom. The minimum absolute atomic E-state index is 0.370. The molecule has 0 aromatic heterocycles. The highest BCUT2D eigenvalue weighted by Gasteiger charge is 2.29. The van der Waals surface area contributed by atoms with E-state index in [1.54, 1.807) is 0 Å². The van der Waals surface area contributed by atoms with Gasteiger partial charge >= 0.3 is 0 Å². The van der Waals surface area contributed by atoms with E-state index in [2.05, 4.69) is 0 Å². The van der Waals surface area contributed by atoms with E-state index in [0.717, 1.165) is 39.1 Å². The Morgan fingerprint density at radius 3 is 2.83 bits per heavy atom. The van der Waals surface area contributed by atoms with E-state index in [9.17, 15) is 0 Å². The van der Waals surface area contributed by atoms with Crippen molar-refractivity contribution in [2.45, 2.75) is 30.7 Å². The van der Waals surface area contributed by atoms with Crippen molar-refractivity contribution in [2.75, 3.05) is 19.8 Å². The Kier molecular flexibility index (Phi) is 2.89. The zero-order valence-corrected chi connectivity index (χ0v) is 7.93. The van der Waals surface area contributed by atoms with Crippen molar-refractivity contribution in [1.29, 1.82) is 0 Å². The smallest absolute Gasteiger partial charge is 0.0603 e. The molecule has 1 aliphatic heterocycles. The van der Waals surface area contributed by atoms with Crippen molar-refractivity contribution >= 4 is 11.6 Å². The Labute approximate surface area is 78.2 Å². The van der Waals surface area contributed by atoms with Crippen LogP contribution in [-0.4, -0.2) is 31.3 Å². The maximum Gasteiger partial charge on any atom is 0.0603 e. The Balaban J connectivity index is 1.56. The maximum atomic E-state index is 5.83. The first kappa shape index (κ1) is 8.79. The van der Waals surface area contributed by atoms with Gasteiger partial charge < -0.3 is 9.47 Å². The molecule has 3 heteroatoms. The van der Waals surface area contributed by atoms with E-state index in [4.69, 9.17) is 21.1 Å². The third-order valence-electron chi connectivity index (χ3n) is 2.63. The first-order valence-electron chi connectivity index (χ1n) is 4.68. The van der Waals surface area contributed by atoms with Crippen LogP contribution in [0, 0.1) is 5.92 Å². The summed E-state index contributed by atoms with van der Waals surface area (Å²) in [5.74, 6) is 0.638. The molecule has 1 unspecified atom stereocenters. The predicted octanol–water partition coefficient (Wildman–Crippen LogP) is 1.81. The minimum Gasteiger partial charge on any atom is -0.381 e. The largest absolute Gasteiger partial charge is 0.381 e. The predicted molar refractivity (Wildman–Crippen MR) is 47.5 cm³/mol. The Morgan fingerprint density at radius 1 is 1.42 bits per heavy atom. The topological polar surface area (TPSA) is 18.5 Å². The summed E-state index contributed by atoms with van der Waals surface area (Å²) < 4.78 is 10.9. The van der Waals surface area contributed by atoms with Crippen LogP contribution in [-0.2, 0) is 9.47 Å². The van der Waals surface area contributed by atoms with Gasteiger partial charge in [-0.15, -0.1) is 11.6 Å². The molecule has 1 saturated heterocycles. The normalized spacial score (nSPS) is 41.2. The first-order valence-corrected chi connectivity index (χ1v) is 5.11. The van der Waals surface area contributed by atoms with Crippen LogP contribution >= 0.6 is 11.6 Å². The molecule has 0 spiro atoms. The fourth-order valence-electron chi connectivity index (χ4n) is 1.62. The molecular weight excluding hydrogens is 176 g/mol. The van der Waals surface area contributed by atoms with Gasteiger partial charge in [0.25, 0.3) is 0 Å². The lowest BCUT2D eigenvalue weighted by Gasteiger charge is -2.31. The summed E-state index contributed by atoms with van der Waals surface area (Å²) in [6.45, 7) is 2.67. The quantitative estimate of drug-likeness (QED) is 0.632. The highest BCUT2D eigenvalue weighted by molar-refractivity contribution is 6.21. The molecule has 0 aromatic carbocycles. The molecule has 1 aliphatic carbocycles. The van der Waals surface area contributed by atoms with Gasteiger partial charge in [0.15, 0.2) is 0 Å². The van der Waals surface area contributed by atoms with E-state index < -0.39 is 0 Å². The lowest BCUT2D eigenvalue weighted by Crippen LogP contribution is -2.33. The summed E-state index contributed by atoms with van der Waals surface area (Å²) in [7, 11) is 0. The first-order chi connectivity index (χ1) is 5.84.